The van der Waals surface area contributed by atoms with Crippen molar-refractivity contribution in [3.8, 4) is 16.9 Å². The molecule has 1 aliphatic carbocycles. The molecular weight excluding hydrogens is 294 g/mol. The van der Waals surface area contributed by atoms with Gasteiger partial charge in [-0.2, -0.15) is 5.10 Å². The second-order valence-corrected chi connectivity index (χ2v) is 5.38. The van der Waals surface area contributed by atoms with Crippen molar-refractivity contribution in [3.63, 3.8) is 0 Å². The van der Waals surface area contributed by atoms with Crippen LogP contribution in [0.3, 0.4) is 0 Å². The van der Waals surface area contributed by atoms with Crippen molar-refractivity contribution in [3.05, 3.63) is 28.9 Å². The van der Waals surface area contributed by atoms with Gasteiger partial charge in [0.05, 0.1) is 16.8 Å². The zero-order valence-corrected chi connectivity index (χ0v) is 11.6. The Bertz CT molecular complexity index is 590. The number of nitrogens with zero attached hydrogens (tertiary/aromatic N) is 2. The molecule has 3 rings (SSSR count). The normalized spacial score (nSPS) is 14.8. The highest BCUT2D eigenvalue weighted by molar-refractivity contribution is 9.10. The summed E-state index contributed by atoms with van der Waals surface area (Å²) >= 11 is 3.54. The molecule has 0 aliphatic heterocycles. The number of hydrogen-bond acceptors (Lipinski definition) is 3. The van der Waals surface area contributed by atoms with Crippen molar-refractivity contribution < 1.29 is 4.74 Å². The van der Waals surface area contributed by atoms with Crippen molar-refractivity contribution in [1.82, 2.24) is 9.78 Å². The molecule has 0 radical (unpaired) electrons. The zero-order valence-electron chi connectivity index (χ0n) is 10.1. The molecular formula is C13H14BrN3O. The number of nitrogen functional groups attached to an aromatic ring is 1. The van der Waals surface area contributed by atoms with Crippen LogP contribution in [0.1, 0.15) is 12.8 Å². The van der Waals surface area contributed by atoms with E-state index < -0.39 is 0 Å². The van der Waals surface area contributed by atoms with E-state index >= 15 is 0 Å². The number of halogens is 1. The van der Waals surface area contributed by atoms with E-state index in [9.17, 15) is 0 Å². The maximum Gasteiger partial charge on any atom is 0.133 e. The first-order chi connectivity index (χ1) is 8.65. The van der Waals surface area contributed by atoms with Crippen LogP contribution in [0.5, 0.6) is 5.75 Å². The number of rotatable bonds is 3. The monoisotopic (exact) mass is 307 g/mol. The summed E-state index contributed by atoms with van der Waals surface area (Å²) in [6.07, 6.45) is 4.49. The molecule has 18 heavy (non-hydrogen) atoms. The van der Waals surface area contributed by atoms with Crippen LogP contribution < -0.4 is 10.5 Å². The molecule has 1 fully saturated rings. The molecule has 1 heterocycles. The number of benzene rings is 1. The number of anilines is 1. The number of ether oxygens (including phenoxy) is 1. The summed E-state index contributed by atoms with van der Waals surface area (Å²) in [5.41, 5.74) is 7.95. The van der Waals surface area contributed by atoms with Gasteiger partial charge in [-0.05, 0) is 46.5 Å². The van der Waals surface area contributed by atoms with Gasteiger partial charge in [0.15, 0.2) is 0 Å². The largest absolute Gasteiger partial charge is 0.489 e. The number of aryl methyl sites for hydroxylation is 1. The summed E-state index contributed by atoms with van der Waals surface area (Å²) < 4.78 is 8.40. The lowest BCUT2D eigenvalue weighted by atomic mass is 10.1. The van der Waals surface area contributed by atoms with Crippen molar-refractivity contribution in [2.24, 2.45) is 7.05 Å². The topological polar surface area (TPSA) is 53.1 Å². The minimum Gasteiger partial charge on any atom is -0.489 e. The van der Waals surface area contributed by atoms with Crippen LogP contribution in [0.4, 0.5) is 5.82 Å². The first-order valence-corrected chi connectivity index (χ1v) is 6.68. The van der Waals surface area contributed by atoms with Gasteiger partial charge in [-0.25, -0.2) is 0 Å². The summed E-state index contributed by atoms with van der Waals surface area (Å²) in [7, 11) is 1.83. The molecule has 1 saturated carbocycles. The fourth-order valence-corrected chi connectivity index (χ4v) is 2.27. The molecule has 4 nitrogen and oxygen atoms in total. The van der Waals surface area contributed by atoms with Gasteiger partial charge < -0.3 is 10.5 Å². The van der Waals surface area contributed by atoms with Crippen molar-refractivity contribution in [2.45, 2.75) is 18.9 Å². The maximum atomic E-state index is 5.97. The number of aromatic nitrogens is 2. The average Bonchev–Trinajstić information content (AvgIpc) is 3.10. The van der Waals surface area contributed by atoms with Crippen LogP contribution in [-0.2, 0) is 7.05 Å². The highest BCUT2D eigenvalue weighted by Gasteiger charge is 2.24. The Morgan fingerprint density at radius 3 is 2.78 bits per heavy atom. The van der Waals surface area contributed by atoms with E-state index in [1.165, 1.54) is 0 Å². The Balaban J connectivity index is 1.93. The van der Waals surface area contributed by atoms with Crippen LogP contribution >= 0.6 is 15.9 Å². The average molecular weight is 308 g/mol. The van der Waals surface area contributed by atoms with E-state index in [-0.39, 0.29) is 0 Å². The predicted molar refractivity (Wildman–Crippen MR) is 74.4 cm³/mol. The summed E-state index contributed by atoms with van der Waals surface area (Å²) in [6, 6.07) is 6.01. The van der Waals surface area contributed by atoms with Gasteiger partial charge in [0.2, 0.25) is 0 Å². The molecule has 94 valence electrons. The first-order valence-electron chi connectivity index (χ1n) is 5.89. The molecule has 0 saturated heterocycles. The molecule has 1 aromatic heterocycles. The summed E-state index contributed by atoms with van der Waals surface area (Å²) in [4.78, 5) is 0. The van der Waals surface area contributed by atoms with E-state index in [0.29, 0.717) is 11.9 Å². The van der Waals surface area contributed by atoms with Crippen LogP contribution in [0.2, 0.25) is 0 Å². The summed E-state index contributed by atoms with van der Waals surface area (Å²) in [6.45, 7) is 0. The van der Waals surface area contributed by atoms with Crippen LogP contribution in [0.25, 0.3) is 11.1 Å². The molecule has 0 amide bonds. The minimum absolute atomic E-state index is 0.399. The highest BCUT2D eigenvalue weighted by Crippen LogP contribution is 2.36. The van der Waals surface area contributed by atoms with E-state index in [2.05, 4.69) is 21.0 Å². The SMILES string of the molecule is Cn1ncc(-c2ccc(OC3CC3)c(Br)c2)c1N. The summed E-state index contributed by atoms with van der Waals surface area (Å²) in [5.74, 6) is 1.56. The van der Waals surface area contributed by atoms with Gasteiger partial charge in [0, 0.05) is 12.6 Å². The van der Waals surface area contributed by atoms with Crippen molar-refractivity contribution in [1.29, 1.82) is 0 Å². The Hall–Kier alpha value is -1.49. The van der Waals surface area contributed by atoms with Gasteiger partial charge in [-0.3, -0.25) is 4.68 Å². The van der Waals surface area contributed by atoms with Crippen molar-refractivity contribution >= 4 is 21.7 Å². The highest BCUT2D eigenvalue weighted by atomic mass is 79.9. The molecule has 0 atom stereocenters. The minimum atomic E-state index is 0.399. The summed E-state index contributed by atoms with van der Waals surface area (Å²) in [5, 5.41) is 4.15. The molecule has 0 spiro atoms. The van der Waals surface area contributed by atoms with Crippen molar-refractivity contribution in [2.75, 3.05) is 5.73 Å². The second kappa shape index (κ2) is 4.31. The molecule has 5 heteroatoms. The van der Waals surface area contributed by atoms with Crippen LogP contribution in [0.15, 0.2) is 28.9 Å². The maximum absolute atomic E-state index is 5.97. The third-order valence-corrected chi connectivity index (χ3v) is 3.67. The van der Waals surface area contributed by atoms with E-state index in [0.717, 1.165) is 34.2 Å². The Morgan fingerprint density at radius 1 is 1.44 bits per heavy atom. The molecule has 0 unspecified atom stereocenters. The smallest absolute Gasteiger partial charge is 0.133 e. The number of hydrogen-bond donors (Lipinski definition) is 1. The quantitative estimate of drug-likeness (QED) is 0.948. The fraction of sp³-hybridized carbons (Fsp3) is 0.308. The van der Waals surface area contributed by atoms with Crippen LogP contribution in [0, 0.1) is 0 Å². The molecule has 2 aromatic rings. The van der Waals surface area contributed by atoms with E-state index in [1.54, 1.807) is 10.9 Å². The first kappa shape index (κ1) is 11.6. The van der Waals surface area contributed by atoms with E-state index in [1.807, 2.05) is 25.2 Å². The number of nitrogens with two attached hydrogens (primary N) is 1. The van der Waals surface area contributed by atoms with Gasteiger partial charge >= 0.3 is 0 Å². The van der Waals surface area contributed by atoms with Crippen LogP contribution in [-0.4, -0.2) is 15.9 Å². The molecule has 1 aliphatic rings. The lowest BCUT2D eigenvalue weighted by Gasteiger charge is -2.08. The van der Waals surface area contributed by atoms with E-state index in [4.69, 9.17) is 10.5 Å². The molecule has 1 aromatic carbocycles. The molecule has 2 N–H and O–H groups in total. The Labute approximate surface area is 114 Å². The third-order valence-electron chi connectivity index (χ3n) is 3.05. The third kappa shape index (κ3) is 2.10. The van der Waals surface area contributed by atoms with Gasteiger partial charge in [0.25, 0.3) is 0 Å². The standard InChI is InChI=1S/C13H14BrN3O/c1-17-13(15)10(7-16-17)8-2-5-12(11(14)6-8)18-9-3-4-9/h2,5-7,9H,3-4,15H2,1H3. The molecule has 0 bridgehead atoms. The van der Waals surface area contributed by atoms with Gasteiger partial charge in [-0.1, -0.05) is 6.07 Å². The second-order valence-electron chi connectivity index (χ2n) is 4.53. The van der Waals surface area contributed by atoms with Gasteiger partial charge in [-0.15, -0.1) is 0 Å². The Kier molecular flexibility index (Phi) is 2.78. The zero-order chi connectivity index (χ0) is 12.7. The predicted octanol–water partition coefficient (Wildman–Crippen LogP) is 2.97. The lowest BCUT2D eigenvalue weighted by Crippen LogP contribution is -1.98. The Morgan fingerprint density at radius 2 is 2.22 bits per heavy atom. The lowest BCUT2D eigenvalue weighted by molar-refractivity contribution is 0.301. The van der Waals surface area contributed by atoms with Gasteiger partial charge in [0.1, 0.15) is 11.6 Å². The fourth-order valence-electron chi connectivity index (χ4n) is 1.80.